The van der Waals surface area contributed by atoms with Gasteiger partial charge in [-0.3, -0.25) is 9.78 Å². The summed E-state index contributed by atoms with van der Waals surface area (Å²) in [6, 6.07) is 9.52. The topological polar surface area (TPSA) is 85.2 Å². The molecule has 4 atom stereocenters. The first-order valence-electron chi connectivity index (χ1n) is 9.67. The molecule has 8 heteroatoms. The van der Waals surface area contributed by atoms with E-state index in [2.05, 4.69) is 15.2 Å². The second kappa shape index (κ2) is 6.67. The van der Waals surface area contributed by atoms with Crippen LogP contribution in [0.15, 0.2) is 30.5 Å². The van der Waals surface area contributed by atoms with E-state index in [1.165, 1.54) is 4.90 Å². The Labute approximate surface area is 162 Å². The summed E-state index contributed by atoms with van der Waals surface area (Å²) in [5.41, 5.74) is 1.78. The number of nitriles is 1. The maximum Gasteiger partial charge on any atom is 0.237 e. The zero-order valence-electron chi connectivity index (χ0n) is 15.3. The molecule has 1 saturated carbocycles. The van der Waals surface area contributed by atoms with Crippen molar-refractivity contribution in [1.29, 1.82) is 5.26 Å². The number of nitrogens with one attached hydrogen (secondary N) is 1. The lowest BCUT2D eigenvalue weighted by atomic mass is 10.2. The van der Waals surface area contributed by atoms with Crippen LogP contribution in [0.2, 0.25) is 0 Å². The molecule has 2 unspecified atom stereocenters. The molecule has 1 aromatic carbocycles. The minimum absolute atomic E-state index is 0.0324. The third-order valence-electron chi connectivity index (χ3n) is 6.16. The number of hydrogen-bond acceptors (Lipinski definition) is 6. The molecule has 5 rings (SSSR count). The van der Waals surface area contributed by atoms with Crippen LogP contribution < -0.4 is 10.2 Å². The van der Waals surface area contributed by atoms with Crippen LogP contribution in [-0.2, 0) is 4.79 Å². The predicted octanol–water partition coefficient (Wildman–Crippen LogP) is 1.12. The van der Waals surface area contributed by atoms with Gasteiger partial charge in [-0.25, -0.2) is 9.37 Å². The van der Waals surface area contributed by atoms with Crippen molar-refractivity contribution in [3.8, 4) is 6.07 Å². The fourth-order valence-corrected chi connectivity index (χ4v) is 4.61. The van der Waals surface area contributed by atoms with E-state index in [1.54, 1.807) is 0 Å². The van der Waals surface area contributed by atoms with Crippen LogP contribution >= 0.6 is 0 Å². The number of para-hydroxylation sites is 2. The molecule has 2 saturated heterocycles. The maximum atomic E-state index is 13.5. The lowest BCUT2D eigenvalue weighted by molar-refractivity contribution is -0.130. The van der Waals surface area contributed by atoms with E-state index < -0.39 is 12.2 Å². The fourth-order valence-electron chi connectivity index (χ4n) is 4.61. The molecule has 1 aromatic heterocycles. The van der Waals surface area contributed by atoms with Gasteiger partial charge in [-0.2, -0.15) is 5.26 Å². The van der Waals surface area contributed by atoms with Gasteiger partial charge in [-0.1, -0.05) is 12.1 Å². The summed E-state index contributed by atoms with van der Waals surface area (Å²) in [4.78, 5) is 25.1. The van der Waals surface area contributed by atoms with Crippen molar-refractivity contribution >= 4 is 22.8 Å². The average Bonchev–Trinajstić information content (AvgIpc) is 3.05. The van der Waals surface area contributed by atoms with Crippen molar-refractivity contribution < 1.29 is 9.18 Å². The van der Waals surface area contributed by atoms with Crippen molar-refractivity contribution in [3.63, 3.8) is 0 Å². The third kappa shape index (κ3) is 2.96. The number of carbonyl (C=O) groups excluding carboxylic acids is 1. The summed E-state index contributed by atoms with van der Waals surface area (Å²) in [6.45, 7) is 1.98. The number of likely N-dealkylation sites (tertiary alicyclic amines) is 1. The monoisotopic (exact) mass is 380 g/mol. The lowest BCUT2D eigenvalue weighted by Crippen LogP contribution is -2.43. The number of amides is 1. The molecule has 1 amide bonds. The summed E-state index contributed by atoms with van der Waals surface area (Å²) in [7, 11) is 0. The van der Waals surface area contributed by atoms with E-state index in [0.29, 0.717) is 17.9 Å². The van der Waals surface area contributed by atoms with Crippen molar-refractivity contribution in [3.05, 3.63) is 30.5 Å². The van der Waals surface area contributed by atoms with Crippen LogP contribution in [0.25, 0.3) is 11.0 Å². The Bertz CT molecular complexity index is 949. The number of anilines is 1. The Morgan fingerprint density at radius 3 is 2.75 bits per heavy atom. The minimum Gasteiger partial charge on any atom is -0.355 e. The number of benzene rings is 1. The van der Waals surface area contributed by atoms with Crippen LogP contribution in [0.4, 0.5) is 10.2 Å². The average molecular weight is 380 g/mol. The molecular formula is C20H21FN6O. The minimum atomic E-state index is -1.09. The van der Waals surface area contributed by atoms with E-state index >= 15 is 0 Å². The lowest BCUT2D eigenvalue weighted by Gasteiger charge is -2.22. The molecule has 2 aromatic rings. The van der Waals surface area contributed by atoms with Crippen LogP contribution in [0.1, 0.15) is 6.42 Å². The summed E-state index contributed by atoms with van der Waals surface area (Å²) in [5, 5.41) is 12.4. The maximum absolute atomic E-state index is 13.5. The second-order valence-corrected chi connectivity index (χ2v) is 7.88. The zero-order valence-corrected chi connectivity index (χ0v) is 15.3. The second-order valence-electron chi connectivity index (χ2n) is 7.88. The van der Waals surface area contributed by atoms with Crippen molar-refractivity contribution in [1.82, 2.24) is 20.2 Å². The zero-order chi connectivity index (χ0) is 19.3. The number of alkyl halides is 1. The van der Waals surface area contributed by atoms with Gasteiger partial charge >= 0.3 is 0 Å². The first kappa shape index (κ1) is 17.3. The molecule has 7 nitrogen and oxygen atoms in total. The summed E-state index contributed by atoms with van der Waals surface area (Å²) >= 11 is 0. The van der Waals surface area contributed by atoms with E-state index in [0.717, 1.165) is 29.9 Å². The quantitative estimate of drug-likeness (QED) is 0.856. The van der Waals surface area contributed by atoms with Gasteiger partial charge in [0.05, 0.1) is 36.4 Å². The number of halogens is 1. The molecule has 1 N–H and O–H groups in total. The van der Waals surface area contributed by atoms with E-state index in [4.69, 9.17) is 10.2 Å². The Morgan fingerprint density at radius 1 is 1.25 bits per heavy atom. The number of nitrogens with zero attached hydrogens (tertiary/aromatic N) is 5. The van der Waals surface area contributed by atoms with Crippen LogP contribution in [0.3, 0.4) is 0 Å². The molecule has 0 bridgehead atoms. The van der Waals surface area contributed by atoms with Crippen LogP contribution in [0.5, 0.6) is 0 Å². The number of hydrogen-bond donors (Lipinski definition) is 1. The van der Waals surface area contributed by atoms with Gasteiger partial charge in [-0.15, -0.1) is 0 Å². The molecule has 3 heterocycles. The van der Waals surface area contributed by atoms with Crippen molar-refractivity contribution in [2.45, 2.75) is 24.7 Å². The van der Waals surface area contributed by atoms with Gasteiger partial charge in [-0.05, 0) is 24.0 Å². The Kier molecular flexibility index (Phi) is 4.13. The highest BCUT2D eigenvalue weighted by atomic mass is 19.1. The summed E-state index contributed by atoms with van der Waals surface area (Å²) in [5.74, 6) is 1.68. The van der Waals surface area contributed by atoms with Gasteiger partial charge < -0.3 is 15.1 Å². The molecule has 0 spiro atoms. The molecular weight excluding hydrogens is 359 g/mol. The fraction of sp³-hybridized carbons (Fsp3) is 0.500. The largest absolute Gasteiger partial charge is 0.355 e. The van der Waals surface area contributed by atoms with Gasteiger partial charge in [0.15, 0.2) is 0 Å². The molecule has 2 aliphatic heterocycles. The van der Waals surface area contributed by atoms with E-state index in [-0.39, 0.29) is 25.4 Å². The number of aromatic nitrogens is 2. The molecule has 0 radical (unpaired) electrons. The summed E-state index contributed by atoms with van der Waals surface area (Å²) < 4.78 is 13.5. The molecule has 3 aliphatic rings. The molecule has 144 valence electrons. The summed E-state index contributed by atoms with van der Waals surface area (Å²) in [6.07, 6.45) is 0.853. The SMILES string of the molecule is N#C[C@@H]1C[C@H](F)CN1C(=O)CNC1C2CN(c3cnc4ccccc4n3)CC21. The van der Waals surface area contributed by atoms with Gasteiger partial charge in [0.25, 0.3) is 0 Å². The Balaban J connectivity index is 1.15. The smallest absolute Gasteiger partial charge is 0.237 e. The van der Waals surface area contributed by atoms with Gasteiger partial charge in [0, 0.05) is 25.6 Å². The van der Waals surface area contributed by atoms with Crippen molar-refractivity contribution in [2.24, 2.45) is 11.8 Å². The van der Waals surface area contributed by atoms with Crippen molar-refractivity contribution in [2.75, 3.05) is 31.1 Å². The first-order chi connectivity index (χ1) is 13.6. The van der Waals surface area contributed by atoms with Crippen LogP contribution in [0, 0.1) is 23.2 Å². The van der Waals surface area contributed by atoms with Crippen LogP contribution in [-0.4, -0.2) is 65.2 Å². The molecule has 3 fully saturated rings. The highest BCUT2D eigenvalue weighted by molar-refractivity contribution is 5.79. The standard InChI is InChI=1S/C20H21FN6O/c21-12-5-13(6-22)27(9-12)19(28)8-24-20-14-10-26(11-15(14)20)18-7-23-16-3-1-2-4-17(16)25-18/h1-4,7,12-15,20,24H,5,8-11H2/t12-,13-,14?,15?,20?/m0/s1. The van der Waals surface area contributed by atoms with Gasteiger partial charge in [0.1, 0.15) is 18.0 Å². The number of rotatable bonds is 4. The third-order valence-corrected chi connectivity index (χ3v) is 6.16. The highest BCUT2D eigenvalue weighted by Gasteiger charge is 2.56. The Hall–Kier alpha value is -2.79. The number of carbonyl (C=O) groups is 1. The number of piperidine rings is 1. The molecule has 1 aliphatic carbocycles. The normalized spacial score (nSPS) is 31.1. The predicted molar refractivity (Wildman–Crippen MR) is 101 cm³/mol. The highest BCUT2D eigenvalue weighted by Crippen LogP contribution is 2.46. The first-order valence-corrected chi connectivity index (χ1v) is 9.67. The van der Waals surface area contributed by atoms with Gasteiger partial charge in [0.2, 0.25) is 5.91 Å². The number of fused-ring (bicyclic) bond motifs is 2. The van der Waals surface area contributed by atoms with E-state index in [1.807, 2.05) is 36.5 Å². The Morgan fingerprint density at radius 2 is 2.00 bits per heavy atom. The molecule has 28 heavy (non-hydrogen) atoms. The van der Waals surface area contributed by atoms with E-state index in [9.17, 15) is 9.18 Å².